The van der Waals surface area contributed by atoms with E-state index in [1.807, 2.05) is 38.1 Å². The van der Waals surface area contributed by atoms with Gasteiger partial charge in [0.15, 0.2) is 6.29 Å². The average Bonchev–Trinajstić information content (AvgIpc) is 2.50. The Balaban J connectivity index is 1.84. The van der Waals surface area contributed by atoms with Crippen LogP contribution in [-0.4, -0.2) is 36.2 Å². The second-order valence-corrected chi connectivity index (χ2v) is 5.61. The second-order valence-electron chi connectivity index (χ2n) is 5.61. The van der Waals surface area contributed by atoms with E-state index in [0.717, 1.165) is 17.7 Å². The van der Waals surface area contributed by atoms with Crippen molar-refractivity contribution in [1.29, 1.82) is 0 Å². The van der Waals surface area contributed by atoms with Crippen LogP contribution in [0.2, 0.25) is 0 Å². The molecule has 5 nitrogen and oxygen atoms in total. The number of esters is 1. The number of ether oxygens (including phenoxy) is 3. The molecule has 0 radical (unpaired) electrons. The minimum atomic E-state index is -0.632. The maximum absolute atomic E-state index is 11.4. The van der Waals surface area contributed by atoms with Crippen LogP contribution in [0.1, 0.15) is 38.2 Å². The highest BCUT2D eigenvalue weighted by molar-refractivity contribution is 5.69. The van der Waals surface area contributed by atoms with Gasteiger partial charge in [-0.25, -0.2) is 0 Å². The van der Waals surface area contributed by atoms with Gasteiger partial charge in [-0.2, -0.15) is 0 Å². The number of rotatable bonds is 6. The minimum Gasteiger partial charge on any atom is -0.465 e. The van der Waals surface area contributed by atoms with Gasteiger partial charge in [-0.1, -0.05) is 24.6 Å². The molecule has 1 N–H and O–H groups in total. The van der Waals surface area contributed by atoms with Crippen molar-refractivity contribution in [1.82, 2.24) is 0 Å². The van der Waals surface area contributed by atoms with Gasteiger partial charge in [-0.3, -0.25) is 4.79 Å². The van der Waals surface area contributed by atoms with Crippen molar-refractivity contribution < 1.29 is 24.1 Å². The van der Waals surface area contributed by atoms with Crippen LogP contribution < -0.4 is 4.74 Å². The Morgan fingerprint density at radius 1 is 1.32 bits per heavy atom. The largest absolute Gasteiger partial charge is 0.465 e. The lowest BCUT2D eigenvalue weighted by Gasteiger charge is -2.33. The molecular formula is C17H24O5. The first kappa shape index (κ1) is 16.8. The van der Waals surface area contributed by atoms with E-state index in [-0.39, 0.29) is 12.6 Å². The highest BCUT2D eigenvalue weighted by Gasteiger charge is 2.32. The van der Waals surface area contributed by atoms with Crippen molar-refractivity contribution in [2.45, 2.75) is 58.0 Å². The molecule has 0 amide bonds. The fraction of sp³-hybridized carbons (Fsp3) is 0.588. The molecule has 0 aliphatic carbocycles. The lowest BCUT2D eigenvalue weighted by Crippen LogP contribution is -2.44. The quantitative estimate of drug-likeness (QED) is 0.818. The predicted octanol–water partition coefficient (Wildman–Crippen LogP) is 2.58. The first-order valence-electron chi connectivity index (χ1n) is 7.81. The molecule has 1 aliphatic heterocycles. The number of aryl methyl sites for hydroxylation is 1. The van der Waals surface area contributed by atoms with Gasteiger partial charge < -0.3 is 19.3 Å². The molecule has 1 saturated heterocycles. The number of hydrogen-bond acceptors (Lipinski definition) is 5. The number of aliphatic hydroxyl groups is 1. The molecule has 1 fully saturated rings. The zero-order valence-corrected chi connectivity index (χ0v) is 13.2. The molecular weight excluding hydrogens is 284 g/mol. The number of benzene rings is 1. The Hall–Kier alpha value is -1.59. The van der Waals surface area contributed by atoms with Crippen LogP contribution in [0.25, 0.3) is 0 Å². The summed E-state index contributed by atoms with van der Waals surface area (Å²) in [6, 6.07) is 7.72. The van der Waals surface area contributed by atoms with E-state index in [1.54, 1.807) is 0 Å². The molecule has 1 aromatic rings. The van der Waals surface area contributed by atoms with Crippen LogP contribution in [0, 0.1) is 6.92 Å². The summed E-state index contributed by atoms with van der Waals surface area (Å²) in [6.45, 7) is 3.99. The molecule has 0 saturated carbocycles. The SMILES string of the molecule is CCCC(=O)OCC1OC(Oc2ccc(C)cc2)CCC1O. The number of aliphatic hydroxyl groups excluding tert-OH is 1. The Morgan fingerprint density at radius 3 is 2.73 bits per heavy atom. The van der Waals surface area contributed by atoms with Crippen LogP contribution >= 0.6 is 0 Å². The monoisotopic (exact) mass is 308 g/mol. The molecule has 122 valence electrons. The number of carbonyl (C=O) groups is 1. The van der Waals surface area contributed by atoms with Crippen molar-refractivity contribution in [3.05, 3.63) is 29.8 Å². The van der Waals surface area contributed by atoms with Gasteiger partial charge in [-0.05, 0) is 31.9 Å². The zero-order valence-electron chi connectivity index (χ0n) is 13.2. The molecule has 1 heterocycles. The highest BCUT2D eigenvalue weighted by atomic mass is 16.7. The molecule has 0 spiro atoms. The Morgan fingerprint density at radius 2 is 2.05 bits per heavy atom. The number of carbonyl (C=O) groups excluding carboxylic acids is 1. The molecule has 3 atom stereocenters. The molecule has 0 aromatic heterocycles. The maximum atomic E-state index is 11.4. The highest BCUT2D eigenvalue weighted by Crippen LogP contribution is 2.23. The van der Waals surface area contributed by atoms with E-state index >= 15 is 0 Å². The summed E-state index contributed by atoms with van der Waals surface area (Å²) >= 11 is 0. The summed E-state index contributed by atoms with van der Waals surface area (Å²) in [5.41, 5.74) is 1.16. The molecule has 22 heavy (non-hydrogen) atoms. The van der Waals surface area contributed by atoms with Crippen LogP contribution in [0.15, 0.2) is 24.3 Å². The zero-order chi connectivity index (χ0) is 15.9. The topological polar surface area (TPSA) is 65.0 Å². The first-order chi connectivity index (χ1) is 10.6. The minimum absolute atomic E-state index is 0.0633. The predicted molar refractivity (Wildman–Crippen MR) is 81.6 cm³/mol. The van der Waals surface area contributed by atoms with E-state index in [9.17, 15) is 9.90 Å². The van der Waals surface area contributed by atoms with E-state index < -0.39 is 18.5 Å². The average molecular weight is 308 g/mol. The maximum Gasteiger partial charge on any atom is 0.305 e. The Bertz CT molecular complexity index is 470. The Kier molecular flexibility index (Phi) is 6.21. The third kappa shape index (κ3) is 5.00. The van der Waals surface area contributed by atoms with Crippen LogP contribution in [0.3, 0.4) is 0 Å². The van der Waals surface area contributed by atoms with Crippen molar-refractivity contribution in [2.75, 3.05) is 6.61 Å². The first-order valence-corrected chi connectivity index (χ1v) is 7.81. The molecule has 3 unspecified atom stereocenters. The van der Waals surface area contributed by atoms with Crippen LogP contribution in [0.4, 0.5) is 0 Å². The van der Waals surface area contributed by atoms with Crippen molar-refractivity contribution >= 4 is 5.97 Å². The molecule has 1 aliphatic rings. The van der Waals surface area contributed by atoms with Crippen molar-refractivity contribution in [3.8, 4) is 5.75 Å². The Labute approximate surface area is 131 Å². The van der Waals surface area contributed by atoms with E-state index in [0.29, 0.717) is 19.3 Å². The van der Waals surface area contributed by atoms with Gasteiger partial charge >= 0.3 is 5.97 Å². The number of hydrogen-bond donors (Lipinski definition) is 1. The normalized spacial score (nSPS) is 24.8. The third-order valence-electron chi connectivity index (χ3n) is 3.61. The lowest BCUT2D eigenvalue weighted by atomic mass is 10.1. The van der Waals surface area contributed by atoms with Crippen LogP contribution in [-0.2, 0) is 14.3 Å². The fourth-order valence-electron chi connectivity index (χ4n) is 2.30. The summed E-state index contributed by atoms with van der Waals surface area (Å²) < 4.78 is 16.6. The summed E-state index contributed by atoms with van der Waals surface area (Å²) in [7, 11) is 0. The smallest absolute Gasteiger partial charge is 0.305 e. The van der Waals surface area contributed by atoms with Gasteiger partial charge in [0, 0.05) is 12.8 Å². The van der Waals surface area contributed by atoms with E-state index in [2.05, 4.69) is 0 Å². The summed E-state index contributed by atoms with van der Waals surface area (Å²) in [4.78, 5) is 11.4. The van der Waals surface area contributed by atoms with Crippen molar-refractivity contribution in [2.24, 2.45) is 0 Å². The molecule has 2 rings (SSSR count). The molecule has 1 aromatic carbocycles. The van der Waals surface area contributed by atoms with Crippen molar-refractivity contribution in [3.63, 3.8) is 0 Å². The van der Waals surface area contributed by atoms with Gasteiger partial charge in [0.05, 0.1) is 6.10 Å². The standard InChI is InChI=1S/C17H24O5/c1-3-4-16(19)20-11-15-14(18)9-10-17(22-15)21-13-7-5-12(2)6-8-13/h5-8,14-15,17-18H,3-4,9-11H2,1-2H3. The lowest BCUT2D eigenvalue weighted by molar-refractivity contribution is -0.203. The van der Waals surface area contributed by atoms with Gasteiger partial charge in [0.25, 0.3) is 0 Å². The van der Waals surface area contributed by atoms with Gasteiger partial charge in [0.2, 0.25) is 0 Å². The fourth-order valence-corrected chi connectivity index (χ4v) is 2.30. The summed E-state index contributed by atoms with van der Waals surface area (Å²) in [6.07, 6.45) is 0.692. The van der Waals surface area contributed by atoms with E-state index in [4.69, 9.17) is 14.2 Å². The van der Waals surface area contributed by atoms with Gasteiger partial charge in [-0.15, -0.1) is 0 Å². The molecule has 5 heteroatoms. The molecule has 0 bridgehead atoms. The third-order valence-corrected chi connectivity index (χ3v) is 3.61. The summed E-state index contributed by atoms with van der Waals surface area (Å²) in [5, 5.41) is 9.96. The van der Waals surface area contributed by atoms with Crippen LogP contribution in [0.5, 0.6) is 5.75 Å². The second kappa shape index (κ2) is 8.15. The van der Waals surface area contributed by atoms with E-state index in [1.165, 1.54) is 0 Å². The summed E-state index contributed by atoms with van der Waals surface area (Å²) in [5.74, 6) is 0.466. The van der Waals surface area contributed by atoms with Gasteiger partial charge in [0.1, 0.15) is 18.5 Å².